The van der Waals surface area contributed by atoms with Crippen molar-refractivity contribution < 1.29 is 4.21 Å². The zero-order valence-corrected chi connectivity index (χ0v) is 5.65. The molecule has 0 unspecified atom stereocenters. The van der Waals surface area contributed by atoms with Gasteiger partial charge in [0.25, 0.3) is 4.90 Å². The van der Waals surface area contributed by atoms with Crippen molar-refractivity contribution in [2.45, 2.75) is 4.90 Å². The molecule has 0 atom stereocenters. The van der Waals surface area contributed by atoms with E-state index in [1.54, 1.807) is 6.07 Å². The molecule has 0 saturated carbocycles. The second-order valence-corrected chi connectivity index (χ2v) is 2.30. The van der Waals surface area contributed by atoms with Gasteiger partial charge in [0.1, 0.15) is 0 Å². The number of hydrogen-bond acceptors (Lipinski definition) is 1. The highest BCUT2D eigenvalue weighted by atomic mass is 32.1. The molecule has 0 aromatic heterocycles. The summed E-state index contributed by atoms with van der Waals surface area (Å²) in [5.74, 6) is 0. The minimum Gasteiger partial charge on any atom is -0.0616 e. The van der Waals surface area contributed by atoms with Gasteiger partial charge in [0.05, 0.1) is 0 Å². The van der Waals surface area contributed by atoms with Gasteiger partial charge in [0.2, 0.25) is 0 Å². The molecule has 2 heteroatoms. The number of rotatable bonds is 1. The van der Waals surface area contributed by atoms with Crippen LogP contribution in [-0.2, 0) is 15.9 Å². The molecule has 0 fully saturated rings. The van der Waals surface area contributed by atoms with Crippen molar-refractivity contribution in [3.8, 4) is 0 Å². The van der Waals surface area contributed by atoms with Crippen molar-refractivity contribution >= 4 is 11.7 Å². The minimum absolute atomic E-state index is 0.483. The molecule has 0 aliphatic carbocycles. The maximum atomic E-state index is 10.2. The van der Waals surface area contributed by atoms with Crippen LogP contribution in [0.1, 0.15) is 5.56 Å². The molecule has 0 bridgehead atoms. The molecule has 0 saturated heterocycles. The molecule has 0 aliphatic rings. The maximum absolute atomic E-state index is 10.2. The lowest BCUT2D eigenvalue weighted by Gasteiger charge is -1.81. The van der Waals surface area contributed by atoms with E-state index >= 15 is 0 Å². The molecule has 1 rings (SSSR count). The number of hydrogen-bond donors (Lipinski definition) is 0. The summed E-state index contributed by atoms with van der Waals surface area (Å²) in [6.07, 6.45) is 0. The third-order valence-electron chi connectivity index (χ3n) is 1.06. The topological polar surface area (TPSA) is 17.1 Å². The van der Waals surface area contributed by atoms with Crippen molar-refractivity contribution in [2.24, 2.45) is 0 Å². The summed E-state index contributed by atoms with van der Waals surface area (Å²) >= 11 is 0.483. The summed E-state index contributed by atoms with van der Waals surface area (Å²) in [4.78, 5) is 0.706. The molecule has 0 heterocycles. The Hall–Kier alpha value is -0.760. The average molecular weight is 138 g/mol. The first-order chi connectivity index (χ1) is 4.34. The van der Waals surface area contributed by atoms with Gasteiger partial charge in [-0.3, -0.25) is 0 Å². The smallest absolute Gasteiger partial charge is 0.0616 e. The SMILES string of the molecule is [CH2]c1ccccc1[S+]=O. The van der Waals surface area contributed by atoms with Gasteiger partial charge >= 0.3 is 11.7 Å². The third-order valence-corrected chi connectivity index (χ3v) is 1.64. The van der Waals surface area contributed by atoms with Gasteiger partial charge in [-0.2, -0.15) is 0 Å². The second-order valence-electron chi connectivity index (χ2n) is 1.69. The Morgan fingerprint density at radius 1 is 1.33 bits per heavy atom. The van der Waals surface area contributed by atoms with E-state index in [0.717, 1.165) is 5.56 Å². The Kier molecular flexibility index (Phi) is 1.90. The molecular formula is C7H6OS+. The van der Waals surface area contributed by atoms with Crippen LogP contribution in [-0.4, -0.2) is 0 Å². The second kappa shape index (κ2) is 2.69. The first kappa shape index (κ1) is 6.36. The van der Waals surface area contributed by atoms with Crippen LogP contribution in [0.3, 0.4) is 0 Å². The normalized spacial score (nSPS) is 9.00. The molecule has 1 aromatic rings. The van der Waals surface area contributed by atoms with E-state index in [1.165, 1.54) is 0 Å². The molecular weight excluding hydrogens is 132 g/mol. The molecule has 1 radical (unpaired) electrons. The van der Waals surface area contributed by atoms with Crippen molar-refractivity contribution in [2.75, 3.05) is 0 Å². The zero-order valence-electron chi connectivity index (χ0n) is 4.83. The van der Waals surface area contributed by atoms with Gasteiger partial charge in [-0.1, -0.05) is 18.2 Å². The molecule has 1 nitrogen and oxygen atoms in total. The van der Waals surface area contributed by atoms with E-state index in [1.807, 2.05) is 18.2 Å². The molecule has 0 amide bonds. The summed E-state index contributed by atoms with van der Waals surface area (Å²) in [6.45, 7) is 3.67. The predicted molar refractivity (Wildman–Crippen MR) is 37.2 cm³/mol. The van der Waals surface area contributed by atoms with E-state index in [9.17, 15) is 4.21 Å². The van der Waals surface area contributed by atoms with Crippen LogP contribution in [0.2, 0.25) is 0 Å². The predicted octanol–water partition coefficient (Wildman–Crippen LogP) is 1.66. The van der Waals surface area contributed by atoms with Crippen LogP contribution in [0, 0.1) is 6.92 Å². The summed E-state index contributed by atoms with van der Waals surface area (Å²) in [5.41, 5.74) is 0.803. The third kappa shape index (κ3) is 1.33. The van der Waals surface area contributed by atoms with Crippen molar-refractivity contribution in [3.63, 3.8) is 0 Å². The van der Waals surface area contributed by atoms with E-state index in [4.69, 9.17) is 0 Å². The van der Waals surface area contributed by atoms with E-state index in [2.05, 4.69) is 6.92 Å². The van der Waals surface area contributed by atoms with E-state index in [-0.39, 0.29) is 0 Å². The molecule has 1 aromatic carbocycles. The van der Waals surface area contributed by atoms with Gasteiger partial charge in [0.15, 0.2) is 0 Å². The fraction of sp³-hybridized carbons (Fsp3) is 0. The van der Waals surface area contributed by atoms with Crippen molar-refractivity contribution in [1.82, 2.24) is 0 Å². The highest BCUT2D eigenvalue weighted by molar-refractivity contribution is 7.65. The summed E-state index contributed by atoms with van der Waals surface area (Å²) < 4.78 is 10.2. The average Bonchev–Trinajstić information content (AvgIpc) is 1.89. The molecule has 45 valence electrons. The Morgan fingerprint density at radius 3 is 2.44 bits per heavy atom. The first-order valence-corrected chi connectivity index (χ1v) is 3.29. The lowest BCUT2D eigenvalue weighted by atomic mass is 10.2. The Bertz CT molecular complexity index is 220. The molecule has 0 N–H and O–H groups in total. The van der Waals surface area contributed by atoms with Crippen molar-refractivity contribution in [1.29, 1.82) is 0 Å². The minimum atomic E-state index is 0.483. The van der Waals surface area contributed by atoms with Crippen LogP contribution in [0.15, 0.2) is 29.2 Å². The van der Waals surface area contributed by atoms with Crippen LogP contribution in [0.25, 0.3) is 0 Å². The highest BCUT2D eigenvalue weighted by Gasteiger charge is 2.07. The van der Waals surface area contributed by atoms with Gasteiger partial charge in [-0.25, -0.2) is 0 Å². The lowest BCUT2D eigenvalue weighted by Crippen LogP contribution is -1.77. The largest absolute Gasteiger partial charge is 0.505 e. The van der Waals surface area contributed by atoms with Gasteiger partial charge in [-0.15, -0.1) is 0 Å². The summed E-state index contributed by atoms with van der Waals surface area (Å²) in [5, 5.41) is 0. The van der Waals surface area contributed by atoms with Crippen LogP contribution >= 0.6 is 0 Å². The zero-order chi connectivity index (χ0) is 6.69. The number of benzene rings is 1. The molecule has 0 spiro atoms. The standard InChI is InChI=1S/C7H6OS/c1-6-4-2-3-5-7(6)9-8/h2-5H,1H2/q+1. The molecule has 0 aliphatic heterocycles. The van der Waals surface area contributed by atoms with E-state index in [0.29, 0.717) is 16.6 Å². The van der Waals surface area contributed by atoms with Crippen LogP contribution < -0.4 is 0 Å². The Balaban J connectivity index is 3.15. The van der Waals surface area contributed by atoms with Crippen LogP contribution in [0.4, 0.5) is 0 Å². The fourth-order valence-electron chi connectivity index (χ4n) is 0.585. The quantitative estimate of drug-likeness (QED) is 0.539. The molecule has 9 heavy (non-hydrogen) atoms. The summed E-state index contributed by atoms with van der Waals surface area (Å²) in [6, 6.07) is 7.28. The lowest BCUT2D eigenvalue weighted by molar-refractivity contribution is 0.605. The van der Waals surface area contributed by atoms with Gasteiger partial charge in [0, 0.05) is 15.8 Å². The fourth-order valence-corrected chi connectivity index (χ4v) is 0.894. The Morgan fingerprint density at radius 2 is 2.00 bits per heavy atom. The Labute approximate surface area is 58.2 Å². The monoisotopic (exact) mass is 138 g/mol. The first-order valence-electron chi connectivity index (χ1n) is 2.55. The van der Waals surface area contributed by atoms with Gasteiger partial charge < -0.3 is 0 Å². The maximum Gasteiger partial charge on any atom is 0.505 e. The van der Waals surface area contributed by atoms with Crippen LogP contribution in [0.5, 0.6) is 0 Å². The van der Waals surface area contributed by atoms with Crippen molar-refractivity contribution in [3.05, 3.63) is 36.8 Å². The van der Waals surface area contributed by atoms with Gasteiger partial charge in [-0.05, 0) is 6.92 Å². The highest BCUT2D eigenvalue weighted by Crippen LogP contribution is 2.05. The summed E-state index contributed by atoms with van der Waals surface area (Å²) in [7, 11) is 0. The van der Waals surface area contributed by atoms with E-state index < -0.39 is 0 Å².